The molecule has 0 aromatic carbocycles. The second kappa shape index (κ2) is 6.64. The van der Waals surface area contributed by atoms with Crippen molar-refractivity contribution in [1.82, 2.24) is 14.8 Å². The van der Waals surface area contributed by atoms with E-state index in [0.717, 1.165) is 17.8 Å². The molecular weight excluding hydrogens is 294 g/mol. The summed E-state index contributed by atoms with van der Waals surface area (Å²) >= 11 is 0. The third kappa shape index (κ3) is 4.27. The summed E-state index contributed by atoms with van der Waals surface area (Å²) in [5, 5.41) is 2.93. The van der Waals surface area contributed by atoms with Crippen molar-refractivity contribution in [3.63, 3.8) is 0 Å². The van der Waals surface area contributed by atoms with E-state index in [1.54, 1.807) is 0 Å². The molecule has 0 aliphatic carbocycles. The average molecular weight is 321 g/mol. The van der Waals surface area contributed by atoms with E-state index in [-0.39, 0.29) is 5.91 Å². The smallest absolute Gasteiger partial charge is 0.410 e. The van der Waals surface area contributed by atoms with E-state index in [1.165, 1.54) is 4.90 Å². The molecule has 0 bridgehead atoms. The first-order chi connectivity index (χ1) is 10.7. The summed E-state index contributed by atoms with van der Waals surface area (Å²) in [7, 11) is 1.97. The molecule has 0 saturated carbocycles. The van der Waals surface area contributed by atoms with Gasteiger partial charge in [-0.1, -0.05) is 0 Å². The molecule has 1 aromatic heterocycles. The highest BCUT2D eigenvalue weighted by Gasteiger charge is 2.36. The van der Waals surface area contributed by atoms with Gasteiger partial charge in [0.25, 0.3) is 0 Å². The van der Waals surface area contributed by atoms with E-state index in [2.05, 4.69) is 5.32 Å². The summed E-state index contributed by atoms with van der Waals surface area (Å²) in [6.45, 7) is 8.53. The normalized spacial score (nSPS) is 18.1. The Kier molecular flexibility index (Phi) is 5.02. The van der Waals surface area contributed by atoms with Crippen LogP contribution in [-0.2, 0) is 23.1 Å². The maximum Gasteiger partial charge on any atom is 0.410 e. The molecule has 0 unspecified atom stereocenters. The molecule has 1 aliphatic heterocycles. The van der Waals surface area contributed by atoms with Crippen LogP contribution in [0.15, 0.2) is 12.1 Å². The molecule has 1 saturated heterocycles. The number of nitrogens with one attached hydrogen (secondary N) is 1. The number of aromatic nitrogens is 1. The van der Waals surface area contributed by atoms with Gasteiger partial charge >= 0.3 is 6.09 Å². The molecule has 128 valence electrons. The van der Waals surface area contributed by atoms with Gasteiger partial charge in [0.1, 0.15) is 11.6 Å². The number of ether oxygens (including phenoxy) is 1. The molecule has 2 rings (SSSR count). The van der Waals surface area contributed by atoms with Crippen molar-refractivity contribution < 1.29 is 14.3 Å². The maximum atomic E-state index is 12.4. The summed E-state index contributed by atoms with van der Waals surface area (Å²) in [6, 6.07) is 3.58. The highest BCUT2D eigenvalue weighted by atomic mass is 16.6. The van der Waals surface area contributed by atoms with E-state index in [0.29, 0.717) is 19.5 Å². The second-order valence-corrected chi connectivity index (χ2v) is 7.07. The van der Waals surface area contributed by atoms with Crippen LogP contribution in [-0.4, -0.2) is 39.7 Å². The first-order valence-corrected chi connectivity index (χ1v) is 8.07. The van der Waals surface area contributed by atoms with Gasteiger partial charge in [-0.05, 0) is 52.7 Å². The van der Waals surface area contributed by atoms with Crippen LogP contribution in [0.1, 0.15) is 45.0 Å². The highest BCUT2D eigenvalue weighted by molar-refractivity contribution is 5.86. The lowest BCUT2D eigenvalue weighted by Crippen LogP contribution is -2.47. The molecule has 1 aliphatic rings. The fraction of sp³-hybridized carbons (Fsp3) is 0.647. The lowest BCUT2D eigenvalue weighted by Gasteiger charge is -2.28. The van der Waals surface area contributed by atoms with E-state index in [4.69, 9.17) is 4.74 Å². The van der Waals surface area contributed by atoms with Gasteiger partial charge < -0.3 is 14.6 Å². The Morgan fingerprint density at radius 3 is 2.61 bits per heavy atom. The van der Waals surface area contributed by atoms with Crippen molar-refractivity contribution in [2.75, 3.05) is 6.54 Å². The predicted molar refractivity (Wildman–Crippen MR) is 88.0 cm³/mol. The van der Waals surface area contributed by atoms with Crippen molar-refractivity contribution in [3.8, 4) is 0 Å². The van der Waals surface area contributed by atoms with Crippen LogP contribution < -0.4 is 5.32 Å². The molecule has 2 heterocycles. The standard InChI is InChI=1S/C17H27N3O3/c1-12-8-9-13(19(12)5)11-18-15(21)14-7-6-10-20(14)16(22)23-17(2,3)4/h8-9,14H,6-7,10-11H2,1-5H3,(H,18,21)/t14-/m0/s1. The van der Waals surface area contributed by atoms with Gasteiger partial charge in [0.15, 0.2) is 0 Å². The number of hydrogen-bond acceptors (Lipinski definition) is 3. The number of amides is 2. The van der Waals surface area contributed by atoms with Gasteiger partial charge in [-0.25, -0.2) is 4.79 Å². The minimum absolute atomic E-state index is 0.118. The zero-order chi connectivity index (χ0) is 17.2. The Hall–Kier alpha value is -1.98. The third-order valence-electron chi connectivity index (χ3n) is 4.10. The number of carbonyl (C=O) groups excluding carboxylic acids is 2. The third-order valence-corrected chi connectivity index (χ3v) is 4.10. The maximum absolute atomic E-state index is 12.4. The molecule has 0 radical (unpaired) electrons. The van der Waals surface area contributed by atoms with Gasteiger partial charge in [0, 0.05) is 25.0 Å². The number of aryl methyl sites for hydroxylation is 1. The van der Waals surface area contributed by atoms with Crippen LogP contribution in [0.2, 0.25) is 0 Å². The predicted octanol–water partition coefficient (Wildman–Crippen LogP) is 2.35. The Balaban J connectivity index is 1.95. The molecule has 1 atom stereocenters. The van der Waals surface area contributed by atoms with Crippen LogP contribution in [0, 0.1) is 6.92 Å². The molecule has 6 heteroatoms. The van der Waals surface area contributed by atoms with Crippen molar-refractivity contribution in [2.24, 2.45) is 7.05 Å². The first-order valence-electron chi connectivity index (χ1n) is 8.07. The van der Waals surface area contributed by atoms with Crippen LogP contribution in [0.3, 0.4) is 0 Å². The number of likely N-dealkylation sites (tertiary alicyclic amines) is 1. The summed E-state index contributed by atoms with van der Waals surface area (Å²) in [5.41, 5.74) is 1.63. The van der Waals surface area contributed by atoms with Gasteiger partial charge in [-0.2, -0.15) is 0 Å². The highest BCUT2D eigenvalue weighted by Crippen LogP contribution is 2.21. The fourth-order valence-electron chi connectivity index (χ4n) is 2.72. The molecule has 6 nitrogen and oxygen atoms in total. The topological polar surface area (TPSA) is 63.6 Å². The lowest BCUT2D eigenvalue weighted by molar-refractivity contribution is -0.125. The van der Waals surface area contributed by atoms with Crippen molar-refractivity contribution >= 4 is 12.0 Å². The average Bonchev–Trinajstić information content (AvgIpc) is 3.04. The Morgan fingerprint density at radius 2 is 2.04 bits per heavy atom. The number of rotatable bonds is 3. The van der Waals surface area contributed by atoms with Gasteiger partial charge in [0.2, 0.25) is 5.91 Å². The van der Waals surface area contributed by atoms with Crippen LogP contribution >= 0.6 is 0 Å². The Morgan fingerprint density at radius 1 is 1.35 bits per heavy atom. The minimum Gasteiger partial charge on any atom is -0.444 e. The van der Waals surface area contributed by atoms with Crippen LogP contribution in [0.4, 0.5) is 4.79 Å². The largest absolute Gasteiger partial charge is 0.444 e. The van der Waals surface area contributed by atoms with E-state index >= 15 is 0 Å². The molecule has 1 aromatic rings. The summed E-state index contributed by atoms with van der Waals surface area (Å²) in [6.07, 6.45) is 1.09. The number of nitrogens with zero attached hydrogens (tertiary/aromatic N) is 2. The molecule has 23 heavy (non-hydrogen) atoms. The van der Waals surface area contributed by atoms with Gasteiger partial charge in [0.05, 0.1) is 6.54 Å². The van der Waals surface area contributed by atoms with Crippen LogP contribution in [0.25, 0.3) is 0 Å². The van der Waals surface area contributed by atoms with Crippen molar-refractivity contribution in [2.45, 2.75) is 58.7 Å². The van der Waals surface area contributed by atoms with Gasteiger partial charge in [-0.15, -0.1) is 0 Å². The zero-order valence-electron chi connectivity index (χ0n) is 14.7. The van der Waals surface area contributed by atoms with E-state index in [1.807, 2.05) is 51.4 Å². The van der Waals surface area contributed by atoms with Crippen LogP contribution in [0.5, 0.6) is 0 Å². The Bertz CT molecular complexity index is 586. The number of carbonyl (C=O) groups is 2. The minimum atomic E-state index is -0.554. The number of hydrogen-bond donors (Lipinski definition) is 1. The molecular formula is C17H27N3O3. The second-order valence-electron chi connectivity index (χ2n) is 7.07. The van der Waals surface area contributed by atoms with Crippen molar-refractivity contribution in [1.29, 1.82) is 0 Å². The quantitative estimate of drug-likeness (QED) is 0.929. The SMILES string of the molecule is Cc1ccc(CNC(=O)[C@@H]2CCCN2C(=O)OC(C)(C)C)n1C. The molecule has 1 fully saturated rings. The summed E-state index contributed by atoms with van der Waals surface area (Å²) in [5.74, 6) is -0.118. The van der Waals surface area contributed by atoms with E-state index in [9.17, 15) is 9.59 Å². The first kappa shape index (κ1) is 17.4. The summed E-state index contributed by atoms with van der Waals surface area (Å²) < 4.78 is 7.43. The van der Waals surface area contributed by atoms with Gasteiger partial charge in [-0.3, -0.25) is 9.69 Å². The fourth-order valence-corrected chi connectivity index (χ4v) is 2.72. The Labute approximate surface area is 137 Å². The molecule has 1 N–H and O–H groups in total. The molecule has 2 amide bonds. The lowest BCUT2D eigenvalue weighted by atomic mass is 10.2. The van der Waals surface area contributed by atoms with E-state index < -0.39 is 17.7 Å². The summed E-state index contributed by atoms with van der Waals surface area (Å²) in [4.78, 5) is 26.2. The zero-order valence-corrected chi connectivity index (χ0v) is 14.7. The monoisotopic (exact) mass is 321 g/mol. The molecule has 0 spiro atoms. The van der Waals surface area contributed by atoms with Crippen molar-refractivity contribution in [3.05, 3.63) is 23.5 Å².